The Hall–Kier alpha value is -2.09. The van der Waals surface area contributed by atoms with E-state index in [1.165, 1.54) is 16.8 Å². The zero-order valence-corrected chi connectivity index (χ0v) is 12.0. The van der Waals surface area contributed by atoms with Crippen LogP contribution in [0.4, 0.5) is 0 Å². The summed E-state index contributed by atoms with van der Waals surface area (Å²) in [5.74, 6) is 0. The molecule has 2 heterocycles. The SMILES string of the molecule is CC.Cc1ccc(-c2cn3c(C)cccc3n2)cc1. The van der Waals surface area contributed by atoms with E-state index in [4.69, 9.17) is 0 Å². The molecule has 0 saturated heterocycles. The number of aryl methyl sites for hydroxylation is 2. The first-order chi connectivity index (χ1) is 9.24. The number of aromatic nitrogens is 2. The van der Waals surface area contributed by atoms with E-state index in [1.54, 1.807) is 0 Å². The second-order valence-electron chi connectivity index (χ2n) is 4.39. The fourth-order valence-electron chi connectivity index (χ4n) is 2.01. The highest BCUT2D eigenvalue weighted by atomic mass is 15.0. The number of benzene rings is 1. The molecule has 2 nitrogen and oxygen atoms in total. The first-order valence-electron chi connectivity index (χ1n) is 6.76. The molecule has 98 valence electrons. The lowest BCUT2D eigenvalue weighted by Gasteiger charge is -1.97. The van der Waals surface area contributed by atoms with Gasteiger partial charge in [-0.15, -0.1) is 0 Å². The molecule has 3 rings (SSSR count). The van der Waals surface area contributed by atoms with Gasteiger partial charge >= 0.3 is 0 Å². The summed E-state index contributed by atoms with van der Waals surface area (Å²) in [6.45, 7) is 8.19. The third-order valence-electron chi connectivity index (χ3n) is 3.04. The zero-order valence-electron chi connectivity index (χ0n) is 12.0. The molecular formula is C17H20N2. The van der Waals surface area contributed by atoms with Gasteiger partial charge in [-0.3, -0.25) is 0 Å². The van der Waals surface area contributed by atoms with E-state index in [2.05, 4.69) is 59.8 Å². The Morgan fingerprint density at radius 2 is 1.58 bits per heavy atom. The topological polar surface area (TPSA) is 17.3 Å². The molecule has 0 radical (unpaired) electrons. The van der Waals surface area contributed by atoms with E-state index in [0.717, 1.165) is 11.3 Å². The van der Waals surface area contributed by atoms with Crippen LogP contribution in [0.2, 0.25) is 0 Å². The van der Waals surface area contributed by atoms with Crippen molar-refractivity contribution in [2.24, 2.45) is 0 Å². The normalized spacial score (nSPS) is 10.1. The number of pyridine rings is 1. The lowest BCUT2D eigenvalue weighted by molar-refractivity contribution is 1.09. The van der Waals surface area contributed by atoms with Crippen molar-refractivity contribution in [3.8, 4) is 11.3 Å². The van der Waals surface area contributed by atoms with Crippen LogP contribution in [0.15, 0.2) is 48.7 Å². The van der Waals surface area contributed by atoms with E-state index in [-0.39, 0.29) is 0 Å². The first kappa shape index (κ1) is 13.3. The Morgan fingerprint density at radius 1 is 0.895 bits per heavy atom. The van der Waals surface area contributed by atoms with E-state index in [9.17, 15) is 0 Å². The Morgan fingerprint density at radius 3 is 2.21 bits per heavy atom. The summed E-state index contributed by atoms with van der Waals surface area (Å²) in [7, 11) is 0. The molecule has 2 heteroatoms. The van der Waals surface area contributed by atoms with Crippen molar-refractivity contribution in [1.82, 2.24) is 9.38 Å². The number of rotatable bonds is 1. The Balaban J connectivity index is 0.000000637. The van der Waals surface area contributed by atoms with Gasteiger partial charge in [0.15, 0.2) is 0 Å². The molecule has 0 aliphatic heterocycles. The third kappa shape index (κ3) is 2.68. The summed E-state index contributed by atoms with van der Waals surface area (Å²) in [4.78, 5) is 4.64. The van der Waals surface area contributed by atoms with Crippen molar-refractivity contribution in [3.05, 3.63) is 59.9 Å². The maximum atomic E-state index is 4.64. The molecule has 0 aliphatic carbocycles. The summed E-state index contributed by atoms with van der Waals surface area (Å²) in [5.41, 5.74) is 5.67. The molecule has 1 aromatic carbocycles. The largest absolute Gasteiger partial charge is 0.304 e. The molecule has 0 spiro atoms. The molecule has 0 fully saturated rings. The van der Waals surface area contributed by atoms with Crippen LogP contribution in [0, 0.1) is 13.8 Å². The lowest BCUT2D eigenvalue weighted by Crippen LogP contribution is -1.86. The van der Waals surface area contributed by atoms with Gasteiger partial charge in [0.05, 0.1) is 5.69 Å². The van der Waals surface area contributed by atoms with Crippen molar-refractivity contribution in [3.63, 3.8) is 0 Å². The monoisotopic (exact) mass is 252 g/mol. The maximum Gasteiger partial charge on any atom is 0.137 e. The van der Waals surface area contributed by atoms with E-state index in [0.29, 0.717) is 0 Å². The predicted octanol–water partition coefficient (Wildman–Crippen LogP) is 4.64. The van der Waals surface area contributed by atoms with Crippen LogP contribution in [0.3, 0.4) is 0 Å². The second kappa shape index (κ2) is 5.70. The smallest absolute Gasteiger partial charge is 0.137 e. The molecule has 0 aliphatic rings. The molecule has 0 unspecified atom stereocenters. The van der Waals surface area contributed by atoms with E-state index >= 15 is 0 Å². The predicted molar refractivity (Wildman–Crippen MR) is 81.5 cm³/mol. The minimum atomic E-state index is 1.00. The summed E-state index contributed by atoms with van der Waals surface area (Å²) in [6, 6.07) is 14.6. The number of hydrogen-bond acceptors (Lipinski definition) is 1. The molecule has 2 aromatic heterocycles. The van der Waals surface area contributed by atoms with Crippen LogP contribution in [0.25, 0.3) is 16.9 Å². The van der Waals surface area contributed by atoms with Gasteiger partial charge in [-0.25, -0.2) is 4.98 Å². The Labute approximate surface area is 114 Å². The number of hydrogen-bond donors (Lipinski definition) is 0. The van der Waals surface area contributed by atoms with Crippen molar-refractivity contribution < 1.29 is 0 Å². The zero-order chi connectivity index (χ0) is 13.8. The van der Waals surface area contributed by atoms with Crippen LogP contribution < -0.4 is 0 Å². The molecule has 0 saturated carbocycles. The highest BCUT2D eigenvalue weighted by Gasteiger charge is 2.04. The van der Waals surface area contributed by atoms with Crippen LogP contribution in [-0.4, -0.2) is 9.38 Å². The fourth-order valence-corrected chi connectivity index (χ4v) is 2.01. The first-order valence-corrected chi connectivity index (χ1v) is 6.76. The Kier molecular flexibility index (Phi) is 4.00. The number of nitrogens with zero attached hydrogens (tertiary/aromatic N) is 2. The highest BCUT2D eigenvalue weighted by Crippen LogP contribution is 2.20. The molecule has 0 bridgehead atoms. The standard InChI is InChI=1S/C15H14N2.C2H6/c1-11-6-8-13(9-7-11)14-10-17-12(2)4-3-5-15(17)16-14;1-2/h3-10H,1-2H3;1-2H3. The molecule has 0 amide bonds. The van der Waals surface area contributed by atoms with Crippen molar-refractivity contribution >= 4 is 5.65 Å². The van der Waals surface area contributed by atoms with Crippen molar-refractivity contribution in [2.45, 2.75) is 27.7 Å². The van der Waals surface area contributed by atoms with Crippen LogP contribution >= 0.6 is 0 Å². The third-order valence-corrected chi connectivity index (χ3v) is 3.04. The quantitative estimate of drug-likeness (QED) is 0.616. The fraction of sp³-hybridized carbons (Fsp3) is 0.235. The van der Waals surface area contributed by atoms with Gasteiger partial charge in [0.1, 0.15) is 5.65 Å². The molecule has 0 atom stereocenters. The average Bonchev–Trinajstić information content (AvgIpc) is 2.87. The number of fused-ring (bicyclic) bond motifs is 1. The van der Waals surface area contributed by atoms with E-state index < -0.39 is 0 Å². The summed E-state index contributed by atoms with van der Waals surface area (Å²) >= 11 is 0. The van der Waals surface area contributed by atoms with Crippen LogP contribution in [0.5, 0.6) is 0 Å². The van der Waals surface area contributed by atoms with Gasteiger partial charge in [-0.2, -0.15) is 0 Å². The van der Waals surface area contributed by atoms with Gasteiger partial charge in [0.2, 0.25) is 0 Å². The maximum absolute atomic E-state index is 4.64. The molecule has 19 heavy (non-hydrogen) atoms. The molecule has 0 N–H and O–H groups in total. The van der Waals surface area contributed by atoms with Crippen LogP contribution in [0.1, 0.15) is 25.1 Å². The minimum absolute atomic E-state index is 1.00. The molecular weight excluding hydrogens is 232 g/mol. The van der Waals surface area contributed by atoms with Crippen LogP contribution in [-0.2, 0) is 0 Å². The van der Waals surface area contributed by atoms with Crippen molar-refractivity contribution in [1.29, 1.82) is 0 Å². The summed E-state index contributed by atoms with van der Waals surface area (Å²) in [6.07, 6.45) is 2.09. The van der Waals surface area contributed by atoms with Gasteiger partial charge in [0.25, 0.3) is 0 Å². The Bertz CT molecular complexity index is 663. The lowest BCUT2D eigenvalue weighted by atomic mass is 10.1. The van der Waals surface area contributed by atoms with Gasteiger partial charge in [-0.05, 0) is 26.0 Å². The average molecular weight is 252 g/mol. The van der Waals surface area contributed by atoms with E-state index in [1.807, 2.05) is 26.0 Å². The summed E-state index contributed by atoms with van der Waals surface area (Å²) in [5, 5.41) is 0. The number of imidazole rings is 1. The van der Waals surface area contributed by atoms with Crippen molar-refractivity contribution in [2.75, 3.05) is 0 Å². The molecule has 3 aromatic rings. The van der Waals surface area contributed by atoms with Gasteiger partial charge in [0, 0.05) is 17.5 Å². The summed E-state index contributed by atoms with van der Waals surface area (Å²) < 4.78 is 2.12. The minimum Gasteiger partial charge on any atom is -0.304 e. The van der Waals surface area contributed by atoms with Gasteiger partial charge in [-0.1, -0.05) is 49.7 Å². The van der Waals surface area contributed by atoms with Gasteiger partial charge < -0.3 is 4.40 Å². The second-order valence-corrected chi connectivity index (χ2v) is 4.39. The highest BCUT2D eigenvalue weighted by molar-refractivity contribution is 5.63.